The Bertz CT molecular complexity index is 1260. The zero-order valence-corrected chi connectivity index (χ0v) is 26.5. The summed E-state index contributed by atoms with van der Waals surface area (Å²) in [5, 5.41) is 8.32. The maximum atomic E-state index is 14.5. The van der Waals surface area contributed by atoms with Crippen LogP contribution >= 0.6 is 27.3 Å². The molecule has 2 aromatic rings. The lowest BCUT2D eigenvalue weighted by Gasteiger charge is -2.42. The van der Waals surface area contributed by atoms with Gasteiger partial charge in [-0.25, -0.2) is 4.79 Å². The monoisotopic (exact) mass is 660 g/mol. The van der Waals surface area contributed by atoms with Gasteiger partial charge in [0.25, 0.3) is 0 Å². The van der Waals surface area contributed by atoms with E-state index in [1.54, 1.807) is 23.1 Å². The molecule has 0 unspecified atom stereocenters. The van der Waals surface area contributed by atoms with Crippen LogP contribution in [0.15, 0.2) is 46.3 Å². The maximum Gasteiger partial charge on any atom is 0.415 e. The third-order valence-electron chi connectivity index (χ3n) is 8.46. The second-order valence-electron chi connectivity index (χ2n) is 11.5. The average molecular weight is 662 g/mol. The Morgan fingerprint density at radius 2 is 1.74 bits per heavy atom. The van der Waals surface area contributed by atoms with Gasteiger partial charge in [0.15, 0.2) is 0 Å². The summed E-state index contributed by atoms with van der Waals surface area (Å²) in [6.45, 7) is 0.656. The van der Waals surface area contributed by atoms with Gasteiger partial charge in [-0.05, 0) is 64.7 Å². The van der Waals surface area contributed by atoms with Crippen molar-refractivity contribution in [1.29, 1.82) is 0 Å². The molecule has 8 nitrogen and oxygen atoms in total. The number of amides is 3. The lowest BCUT2D eigenvalue weighted by atomic mass is 9.83. The van der Waals surface area contributed by atoms with Gasteiger partial charge in [0.2, 0.25) is 11.8 Å². The summed E-state index contributed by atoms with van der Waals surface area (Å²) in [5.74, 6) is -0.988. The van der Waals surface area contributed by atoms with Crippen LogP contribution in [-0.2, 0) is 16.1 Å². The molecule has 10 heteroatoms. The van der Waals surface area contributed by atoms with Crippen molar-refractivity contribution in [3.05, 3.63) is 51.1 Å². The molecule has 42 heavy (non-hydrogen) atoms. The van der Waals surface area contributed by atoms with Gasteiger partial charge < -0.3 is 25.2 Å². The molecule has 1 aliphatic heterocycles. The molecule has 3 amide bonds. The molecule has 1 saturated heterocycles. The first-order chi connectivity index (χ1) is 21.1. The van der Waals surface area contributed by atoms with E-state index in [1.165, 1.54) is 16.2 Å². The first-order valence-corrected chi connectivity index (χ1v) is 16.9. The van der Waals surface area contributed by atoms with Crippen LogP contribution in [0.3, 0.4) is 0 Å². The fraction of sp³-hybridized carbons (Fsp3) is 0.594. The molecule has 2 heterocycles. The normalized spacial score (nSPS) is 23.3. The lowest BCUT2D eigenvalue weighted by Crippen LogP contribution is -2.64. The molecule has 2 aliphatic carbocycles. The predicted octanol–water partition coefficient (Wildman–Crippen LogP) is 6.10. The van der Waals surface area contributed by atoms with E-state index >= 15 is 0 Å². The van der Waals surface area contributed by atoms with Crippen molar-refractivity contribution < 1.29 is 21.9 Å². The molecule has 0 spiro atoms. The molecule has 228 valence electrons. The number of hydrogen-bond acceptors (Lipinski definition) is 6. The number of halogens is 1. The zero-order valence-electron chi connectivity index (χ0n) is 26.1. The third kappa shape index (κ3) is 8.35. The number of hydrogen-bond donors (Lipinski definition) is 2. The molecule has 2 N–H and O–H groups in total. The van der Waals surface area contributed by atoms with Crippen LogP contribution in [0.25, 0.3) is 0 Å². The highest BCUT2D eigenvalue weighted by Crippen LogP contribution is 2.30. The molecule has 2 atom stereocenters. The van der Waals surface area contributed by atoms with Gasteiger partial charge in [-0.3, -0.25) is 9.59 Å². The molecule has 0 bridgehead atoms. The van der Waals surface area contributed by atoms with Crippen molar-refractivity contribution in [3.8, 4) is 5.75 Å². The molecule has 0 radical (unpaired) electrons. The van der Waals surface area contributed by atoms with E-state index in [0.29, 0.717) is 36.0 Å². The minimum Gasteiger partial charge on any atom is -0.409 e. The van der Waals surface area contributed by atoms with Gasteiger partial charge in [0.05, 0.1) is 23.6 Å². The highest BCUT2D eigenvalue weighted by Gasteiger charge is 2.41. The molecule has 3 fully saturated rings. The lowest BCUT2D eigenvalue weighted by molar-refractivity contribution is -0.145. The number of ether oxygens (including phenoxy) is 1. The van der Waals surface area contributed by atoms with Gasteiger partial charge in [-0.1, -0.05) is 69.6 Å². The van der Waals surface area contributed by atoms with E-state index in [-0.39, 0.29) is 31.4 Å². The Labute approximate surface area is 264 Å². The Hall–Kier alpha value is -2.43. The van der Waals surface area contributed by atoms with E-state index in [9.17, 15) is 15.8 Å². The molecule has 5 rings (SSSR count). The molecule has 1 aromatic carbocycles. The van der Waals surface area contributed by atoms with Gasteiger partial charge in [-0.2, -0.15) is 0 Å². The Morgan fingerprint density at radius 1 is 1.00 bits per heavy atom. The number of benzene rings is 1. The topological polar surface area (TPSA) is 91.0 Å². The van der Waals surface area contributed by atoms with Crippen LogP contribution in [0.1, 0.15) is 78.2 Å². The highest BCUT2D eigenvalue weighted by molar-refractivity contribution is 9.10. The van der Waals surface area contributed by atoms with Crippen molar-refractivity contribution >= 4 is 45.2 Å². The third-order valence-corrected chi connectivity index (χ3v) is 9.99. The number of nitrogens with zero attached hydrogens (tertiary/aromatic N) is 2. The smallest absolute Gasteiger partial charge is 0.409 e. The fourth-order valence-corrected chi connectivity index (χ4v) is 7.15. The van der Waals surface area contributed by atoms with Crippen LogP contribution in [0, 0.1) is 5.89 Å². The van der Waals surface area contributed by atoms with Crippen molar-refractivity contribution in [2.75, 3.05) is 19.6 Å². The number of nitrogens with one attached hydrogen (secondary N) is 2. The van der Waals surface area contributed by atoms with Gasteiger partial charge in [0.1, 0.15) is 11.8 Å². The Kier molecular flexibility index (Phi) is 10.4. The minimum absolute atomic E-state index is 0.0178. The molecule has 3 aliphatic rings. The van der Waals surface area contributed by atoms with Gasteiger partial charge >= 0.3 is 6.09 Å². The minimum atomic E-state index is -0.937. The number of thiophene rings is 1. The molecular weight excluding hydrogens is 616 g/mol. The molecule has 2 saturated carbocycles. The van der Waals surface area contributed by atoms with Crippen LogP contribution < -0.4 is 15.4 Å². The van der Waals surface area contributed by atoms with Crippen LogP contribution in [0.4, 0.5) is 4.79 Å². The van der Waals surface area contributed by atoms with E-state index in [1.807, 2.05) is 23.6 Å². The van der Waals surface area contributed by atoms with Crippen LogP contribution in [-0.4, -0.2) is 65.4 Å². The summed E-state index contributed by atoms with van der Waals surface area (Å²) >= 11 is 4.94. The van der Waals surface area contributed by atoms with Crippen molar-refractivity contribution in [2.24, 2.45) is 5.89 Å². The number of rotatable bonds is 9. The van der Waals surface area contributed by atoms with E-state index in [2.05, 4.69) is 26.6 Å². The number of carbonyl (C=O) groups is 3. The number of piperazine rings is 1. The zero-order chi connectivity index (χ0) is 31.2. The highest BCUT2D eigenvalue weighted by atomic mass is 79.9. The number of carbonyl (C=O) groups excluding carboxylic acids is 3. The van der Waals surface area contributed by atoms with E-state index in [0.717, 1.165) is 56.2 Å². The summed E-state index contributed by atoms with van der Waals surface area (Å²) in [4.78, 5) is 45.5. The summed E-state index contributed by atoms with van der Waals surface area (Å²) in [5.41, 5.74) is 0. The molecular formula is C32H43BrN4O4S. The summed E-state index contributed by atoms with van der Waals surface area (Å²) in [7, 11) is 0. The Balaban J connectivity index is 1.37. The van der Waals surface area contributed by atoms with E-state index in [4.69, 9.17) is 6.11 Å². The van der Waals surface area contributed by atoms with Gasteiger partial charge in [0, 0.05) is 26.7 Å². The van der Waals surface area contributed by atoms with Crippen molar-refractivity contribution in [3.63, 3.8) is 0 Å². The maximum absolute atomic E-state index is 14.5. The van der Waals surface area contributed by atoms with Crippen LogP contribution in [0.5, 0.6) is 5.75 Å². The fourth-order valence-electron chi connectivity index (χ4n) is 6.14. The van der Waals surface area contributed by atoms with Crippen LogP contribution in [0.2, 0.25) is 0 Å². The standard InChI is InChI=1S/C32H43BrN4O4S/c33-26-15-7-8-16-29(26)41-32(40)36-17-18-37(28(22-36)30(38)34-21-25-14-9-19-42-25)31(39)27(20-23-10-3-1-4-11-23)35-24-12-5-2-6-13-24/h7-9,14-16,19,23-24,27-28,35H,1-6,10-13,17-18,20-22H2,(H,34,38)/t27-,28-/m0/s1/i23D,24D. The quantitative estimate of drug-likeness (QED) is 0.339. The summed E-state index contributed by atoms with van der Waals surface area (Å²) in [6, 6.07) is 8.29. The van der Waals surface area contributed by atoms with Gasteiger partial charge in [-0.15, -0.1) is 11.3 Å². The predicted molar refractivity (Wildman–Crippen MR) is 168 cm³/mol. The van der Waals surface area contributed by atoms with Crippen molar-refractivity contribution in [2.45, 2.75) is 95.3 Å². The SMILES string of the molecule is [2H]C1(C[C@H](NC2([2H])CCCCC2)C(=O)N2CCN(C(=O)Oc3ccccc3Br)C[C@H]2C(=O)NCc2cccs2)CCCCC1. The first-order valence-electron chi connectivity index (χ1n) is 16.2. The Morgan fingerprint density at radius 3 is 2.45 bits per heavy atom. The second kappa shape index (κ2) is 15.3. The summed E-state index contributed by atoms with van der Waals surface area (Å²) in [6.07, 6.45) is 8.42. The second-order valence-corrected chi connectivity index (χ2v) is 13.4. The van der Waals surface area contributed by atoms with E-state index < -0.39 is 30.1 Å². The first kappa shape index (κ1) is 28.3. The molecule has 1 aromatic heterocycles. The van der Waals surface area contributed by atoms with Crippen molar-refractivity contribution in [1.82, 2.24) is 20.4 Å². The number of para-hydroxylation sites is 1. The average Bonchev–Trinajstić information content (AvgIpc) is 3.54. The summed E-state index contributed by atoms with van der Waals surface area (Å²) < 4.78 is 24.6. The largest absolute Gasteiger partial charge is 0.415 e.